The van der Waals surface area contributed by atoms with Crippen LogP contribution in [-0.2, 0) is 9.59 Å². The van der Waals surface area contributed by atoms with Gasteiger partial charge >= 0.3 is 0 Å². The molecule has 1 unspecified atom stereocenters. The molecule has 0 bridgehead atoms. The summed E-state index contributed by atoms with van der Waals surface area (Å²) in [7, 11) is 0. The van der Waals surface area contributed by atoms with Crippen LogP contribution < -0.4 is 5.73 Å². The number of nitrogens with two attached hydrogens (primary N) is 1. The molecule has 1 atom stereocenters. The lowest BCUT2D eigenvalue weighted by Gasteiger charge is -2.22. The van der Waals surface area contributed by atoms with E-state index in [0.29, 0.717) is 13.0 Å². The molecule has 5 nitrogen and oxygen atoms in total. The molecular formula is C7H12N2O3. The Morgan fingerprint density at radius 1 is 1.75 bits per heavy atom. The summed E-state index contributed by atoms with van der Waals surface area (Å²) in [5.41, 5.74) is 5.00. The molecule has 0 aromatic carbocycles. The van der Waals surface area contributed by atoms with E-state index in [9.17, 15) is 9.59 Å². The minimum atomic E-state index is -0.833. The monoisotopic (exact) mass is 172 g/mol. The van der Waals surface area contributed by atoms with Crippen LogP contribution >= 0.6 is 0 Å². The van der Waals surface area contributed by atoms with Crippen LogP contribution in [0.15, 0.2) is 0 Å². The molecule has 2 amide bonds. The van der Waals surface area contributed by atoms with Crippen molar-refractivity contribution in [1.29, 1.82) is 0 Å². The van der Waals surface area contributed by atoms with Gasteiger partial charge in [0.15, 0.2) is 0 Å². The number of primary amides is 1. The van der Waals surface area contributed by atoms with Gasteiger partial charge < -0.3 is 15.7 Å². The minimum absolute atomic E-state index is 0.104. The quantitative estimate of drug-likeness (QED) is 0.541. The summed E-state index contributed by atoms with van der Waals surface area (Å²) in [6.45, 7) is 0.133. The summed E-state index contributed by atoms with van der Waals surface area (Å²) < 4.78 is 0. The summed E-state index contributed by atoms with van der Waals surface area (Å²) in [6, 6.07) is -0.833. The average Bonchev–Trinajstić information content (AvgIpc) is 2.38. The Morgan fingerprint density at radius 2 is 2.42 bits per heavy atom. The summed E-state index contributed by atoms with van der Waals surface area (Å²) in [5.74, 6) is -0.749. The van der Waals surface area contributed by atoms with Gasteiger partial charge in [-0.25, -0.2) is 0 Å². The average molecular weight is 172 g/mol. The highest BCUT2D eigenvalue weighted by atomic mass is 16.3. The Balaban J connectivity index is 2.65. The molecule has 12 heavy (non-hydrogen) atoms. The zero-order valence-corrected chi connectivity index (χ0v) is 6.69. The molecule has 68 valence electrons. The summed E-state index contributed by atoms with van der Waals surface area (Å²) in [6.07, 6.45) is 1.19. The van der Waals surface area contributed by atoms with E-state index in [1.807, 2.05) is 0 Å². The number of rotatable bonds is 3. The number of amides is 2. The molecule has 1 saturated heterocycles. The van der Waals surface area contributed by atoms with Gasteiger partial charge in [-0.1, -0.05) is 0 Å². The maximum absolute atomic E-state index is 11.1. The van der Waals surface area contributed by atoms with Gasteiger partial charge in [-0.3, -0.25) is 9.59 Å². The van der Waals surface area contributed by atoms with Crippen molar-refractivity contribution in [3.05, 3.63) is 0 Å². The number of aliphatic hydroxyl groups is 1. The first-order valence-electron chi connectivity index (χ1n) is 3.86. The fraction of sp³-hybridized carbons (Fsp3) is 0.714. The highest BCUT2D eigenvalue weighted by Gasteiger charge is 2.30. The minimum Gasteiger partial charge on any atom is -0.394 e. The second-order valence-corrected chi connectivity index (χ2v) is 2.79. The van der Waals surface area contributed by atoms with Crippen LogP contribution in [0.25, 0.3) is 0 Å². The van der Waals surface area contributed by atoms with Crippen molar-refractivity contribution in [3.63, 3.8) is 0 Å². The van der Waals surface area contributed by atoms with Crippen molar-refractivity contribution >= 4 is 11.8 Å². The van der Waals surface area contributed by atoms with Crippen LogP contribution in [0.4, 0.5) is 0 Å². The van der Waals surface area contributed by atoms with Gasteiger partial charge in [0, 0.05) is 13.0 Å². The topological polar surface area (TPSA) is 83.6 Å². The van der Waals surface area contributed by atoms with E-state index in [-0.39, 0.29) is 12.5 Å². The third-order valence-electron chi connectivity index (χ3n) is 1.99. The van der Waals surface area contributed by atoms with E-state index >= 15 is 0 Å². The molecule has 1 heterocycles. The number of hydrogen-bond acceptors (Lipinski definition) is 3. The summed E-state index contributed by atoms with van der Waals surface area (Å²) in [5, 5.41) is 8.78. The van der Waals surface area contributed by atoms with E-state index in [1.54, 1.807) is 0 Å². The lowest BCUT2D eigenvalue weighted by atomic mass is 10.2. The number of likely N-dealkylation sites (tertiary alicyclic amines) is 1. The molecule has 0 saturated carbocycles. The van der Waals surface area contributed by atoms with Crippen LogP contribution in [0.1, 0.15) is 12.8 Å². The van der Waals surface area contributed by atoms with Gasteiger partial charge in [-0.15, -0.1) is 0 Å². The first kappa shape index (κ1) is 8.99. The molecule has 3 N–H and O–H groups in total. The standard InChI is InChI=1S/C7H12N2O3/c8-7(12)5(4-10)9-3-1-2-6(9)11/h5,10H,1-4H2,(H2,8,12). The van der Waals surface area contributed by atoms with Crippen molar-refractivity contribution in [2.24, 2.45) is 5.73 Å². The Labute approximate surface area is 70.1 Å². The largest absolute Gasteiger partial charge is 0.394 e. The highest BCUT2D eigenvalue weighted by Crippen LogP contribution is 2.12. The first-order chi connectivity index (χ1) is 5.66. The fourth-order valence-electron chi connectivity index (χ4n) is 1.34. The van der Waals surface area contributed by atoms with Crippen molar-refractivity contribution in [2.75, 3.05) is 13.2 Å². The number of hydrogen-bond donors (Lipinski definition) is 2. The third-order valence-corrected chi connectivity index (χ3v) is 1.99. The summed E-state index contributed by atoms with van der Waals surface area (Å²) in [4.78, 5) is 23.2. The second kappa shape index (κ2) is 3.53. The zero-order valence-electron chi connectivity index (χ0n) is 6.69. The van der Waals surface area contributed by atoms with E-state index in [1.165, 1.54) is 4.90 Å². The van der Waals surface area contributed by atoms with Gasteiger partial charge in [-0.2, -0.15) is 0 Å². The number of carbonyl (C=O) groups is 2. The predicted molar refractivity (Wildman–Crippen MR) is 41.0 cm³/mol. The molecule has 1 aliphatic rings. The van der Waals surface area contributed by atoms with Gasteiger partial charge in [0.2, 0.25) is 11.8 Å². The van der Waals surface area contributed by atoms with E-state index < -0.39 is 11.9 Å². The molecule has 5 heteroatoms. The maximum Gasteiger partial charge on any atom is 0.242 e. The zero-order chi connectivity index (χ0) is 9.14. The number of nitrogens with zero attached hydrogens (tertiary/aromatic N) is 1. The van der Waals surface area contributed by atoms with E-state index in [0.717, 1.165) is 6.42 Å². The lowest BCUT2D eigenvalue weighted by Crippen LogP contribution is -2.47. The first-order valence-corrected chi connectivity index (χ1v) is 3.86. The number of aliphatic hydroxyl groups excluding tert-OH is 1. The van der Waals surface area contributed by atoms with Crippen LogP contribution in [0.2, 0.25) is 0 Å². The molecule has 0 spiro atoms. The van der Waals surface area contributed by atoms with Crippen LogP contribution in [0.5, 0.6) is 0 Å². The Bertz CT molecular complexity index is 205. The van der Waals surface area contributed by atoms with Crippen molar-refractivity contribution in [2.45, 2.75) is 18.9 Å². The highest BCUT2D eigenvalue weighted by molar-refractivity contribution is 5.87. The van der Waals surface area contributed by atoms with Crippen LogP contribution in [0.3, 0.4) is 0 Å². The molecular weight excluding hydrogens is 160 g/mol. The molecule has 0 aliphatic carbocycles. The maximum atomic E-state index is 11.1. The van der Waals surface area contributed by atoms with E-state index in [4.69, 9.17) is 10.8 Å². The molecule has 0 aromatic rings. The van der Waals surface area contributed by atoms with Crippen molar-refractivity contribution in [3.8, 4) is 0 Å². The number of carbonyl (C=O) groups excluding carboxylic acids is 2. The van der Waals surface area contributed by atoms with Gasteiger partial charge in [0.1, 0.15) is 6.04 Å². The van der Waals surface area contributed by atoms with Gasteiger partial charge in [0.25, 0.3) is 0 Å². The van der Waals surface area contributed by atoms with Gasteiger partial charge in [-0.05, 0) is 6.42 Å². The molecule has 0 aromatic heterocycles. The van der Waals surface area contributed by atoms with Gasteiger partial charge in [0.05, 0.1) is 6.61 Å². The molecule has 0 radical (unpaired) electrons. The summed E-state index contributed by atoms with van der Waals surface area (Å²) >= 11 is 0. The third kappa shape index (κ3) is 1.55. The molecule has 1 fully saturated rings. The smallest absolute Gasteiger partial charge is 0.242 e. The Morgan fingerprint density at radius 3 is 2.75 bits per heavy atom. The molecule has 1 aliphatic heterocycles. The Hall–Kier alpha value is -1.10. The van der Waals surface area contributed by atoms with E-state index in [2.05, 4.69) is 0 Å². The normalized spacial score (nSPS) is 19.8. The SMILES string of the molecule is NC(=O)C(CO)N1CCCC1=O. The second-order valence-electron chi connectivity index (χ2n) is 2.79. The Kier molecular flexibility index (Phi) is 2.65. The molecule has 1 rings (SSSR count). The lowest BCUT2D eigenvalue weighted by molar-refractivity contribution is -0.137. The van der Waals surface area contributed by atoms with Crippen LogP contribution in [-0.4, -0.2) is 41.0 Å². The van der Waals surface area contributed by atoms with Crippen molar-refractivity contribution < 1.29 is 14.7 Å². The van der Waals surface area contributed by atoms with Crippen LogP contribution in [0, 0.1) is 0 Å². The predicted octanol–water partition coefficient (Wildman–Crippen LogP) is -1.54. The van der Waals surface area contributed by atoms with Crippen molar-refractivity contribution in [1.82, 2.24) is 4.90 Å². The fourth-order valence-corrected chi connectivity index (χ4v) is 1.34.